The summed E-state index contributed by atoms with van der Waals surface area (Å²) in [7, 11) is 0. The molecule has 0 bridgehead atoms. The van der Waals surface area contributed by atoms with E-state index in [1.807, 2.05) is 0 Å². The van der Waals surface area contributed by atoms with Crippen molar-refractivity contribution in [2.24, 2.45) is 11.8 Å². The number of H-pyrrole nitrogens is 1. The molecule has 3 nitrogen and oxygen atoms in total. The van der Waals surface area contributed by atoms with Crippen LogP contribution in [0.3, 0.4) is 0 Å². The first-order valence-corrected chi connectivity index (χ1v) is 5.85. The maximum Gasteiger partial charge on any atom is 0.195 e. The summed E-state index contributed by atoms with van der Waals surface area (Å²) in [6.07, 6.45) is 4.14. The van der Waals surface area contributed by atoms with Crippen molar-refractivity contribution in [2.75, 3.05) is 0 Å². The predicted octanol–water partition coefficient (Wildman–Crippen LogP) is 2.47. The second kappa shape index (κ2) is 2.92. The fourth-order valence-electron chi connectivity index (χ4n) is 2.87. The molecule has 1 aromatic rings. The Labute approximate surface area is 88.5 Å². The summed E-state index contributed by atoms with van der Waals surface area (Å²) in [4.78, 5) is 0. The van der Waals surface area contributed by atoms with Crippen LogP contribution < -0.4 is 0 Å². The maximum absolute atomic E-state index is 5.19. The highest BCUT2D eigenvalue weighted by Gasteiger charge is 2.47. The van der Waals surface area contributed by atoms with Crippen molar-refractivity contribution in [3.05, 3.63) is 10.6 Å². The molecule has 1 N–H and O–H groups in total. The number of aromatic amines is 1. The lowest BCUT2D eigenvalue weighted by Gasteiger charge is -2.11. The minimum Gasteiger partial charge on any atom is -0.304 e. The zero-order valence-corrected chi connectivity index (χ0v) is 9.18. The van der Waals surface area contributed by atoms with Crippen molar-refractivity contribution in [1.82, 2.24) is 14.8 Å². The van der Waals surface area contributed by atoms with Crippen molar-refractivity contribution >= 4 is 12.2 Å². The van der Waals surface area contributed by atoms with Crippen LogP contribution in [-0.2, 0) is 6.54 Å². The van der Waals surface area contributed by atoms with E-state index in [-0.39, 0.29) is 0 Å². The van der Waals surface area contributed by atoms with Crippen molar-refractivity contribution < 1.29 is 0 Å². The van der Waals surface area contributed by atoms with Crippen LogP contribution in [0.5, 0.6) is 0 Å². The van der Waals surface area contributed by atoms with Gasteiger partial charge in [-0.3, -0.25) is 5.10 Å². The van der Waals surface area contributed by atoms with Gasteiger partial charge in [-0.05, 0) is 50.2 Å². The maximum atomic E-state index is 5.19. The standard InChI is InChI=1S/C10H15N3S/c1-2-13-9(11-12-10(13)14)8-4-6-3-7(6)5-8/h6-8H,2-5H2,1H3,(H,12,14). The van der Waals surface area contributed by atoms with Gasteiger partial charge in [-0.25, -0.2) is 0 Å². The van der Waals surface area contributed by atoms with Gasteiger partial charge >= 0.3 is 0 Å². The highest BCUT2D eigenvalue weighted by Crippen LogP contribution is 2.57. The summed E-state index contributed by atoms with van der Waals surface area (Å²) in [5.41, 5.74) is 0. The molecule has 2 atom stereocenters. The molecule has 2 unspecified atom stereocenters. The van der Waals surface area contributed by atoms with Crippen LogP contribution in [0.2, 0.25) is 0 Å². The third-order valence-corrected chi connectivity index (χ3v) is 4.02. The molecule has 0 amide bonds. The average molecular weight is 209 g/mol. The topological polar surface area (TPSA) is 33.6 Å². The number of fused-ring (bicyclic) bond motifs is 1. The average Bonchev–Trinajstić information content (AvgIpc) is 2.63. The van der Waals surface area contributed by atoms with Gasteiger partial charge in [-0.15, -0.1) is 0 Å². The van der Waals surface area contributed by atoms with E-state index < -0.39 is 0 Å². The Bertz CT molecular complexity index is 396. The van der Waals surface area contributed by atoms with Gasteiger partial charge in [0.2, 0.25) is 0 Å². The highest BCUT2D eigenvalue weighted by atomic mass is 32.1. The first-order chi connectivity index (χ1) is 6.79. The molecule has 3 rings (SSSR count). The molecule has 0 aliphatic heterocycles. The smallest absolute Gasteiger partial charge is 0.195 e. The molecule has 1 aromatic heterocycles. The molecule has 2 aliphatic carbocycles. The van der Waals surface area contributed by atoms with Crippen molar-refractivity contribution in [1.29, 1.82) is 0 Å². The summed E-state index contributed by atoms with van der Waals surface area (Å²) in [6.45, 7) is 3.07. The monoisotopic (exact) mass is 209 g/mol. The minimum absolute atomic E-state index is 0.673. The van der Waals surface area contributed by atoms with Crippen LogP contribution >= 0.6 is 12.2 Å². The normalized spacial score (nSPS) is 34.5. The lowest BCUT2D eigenvalue weighted by atomic mass is 10.0. The number of nitrogens with one attached hydrogen (secondary N) is 1. The molecule has 2 fully saturated rings. The minimum atomic E-state index is 0.673. The van der Waals surface area contributed by atoms with Gasteiger partial charge in [0.1, 0.15) is 5.82 Å². The molecule has 14 heavy (non-hydrogen) atoms. The number of aromatic nitrogens is 3. The van der Waals surface area contributed by atoms with E-state index in [4.69, 9.17) is 12.2 Å². The van der Waals surface area contributed by atoms with Crippen LogP contribution in [0.25, 0.3) is 0 Å². The molecular weight excluding hydrogens is 194 g/mol. The van der Waals surface area contributed by atoms with Crippen LogP contribution in [-0.4, -0.2) is 14.8 Å². The molecule has 1 heterocycles. The Kier molecular flexibility index (Phi) is 1.81. The van der Waals surface area contributed by atoms with Gasteiger partial charge in [0.25, 0.3) is 0 Å². The second-order valence-corrected chi connectivity index (χ2v) is 4.94. The van der Waals surface area contributed by atoms with E-state index in [0.717, 1.165) is 23.2 Å². The molecular formula is C10H15N3S. The van der Waals surface area contributed by atoms with E-state index in [1.165, 1.54) is 25.1 Å². The van der Waals surface area contributed by atoms with Crippen molar-refractivity contribution in [3.8, 4) is 0 Å². The summed E-state index contributed by atoms with van der Waals surface area (Å²) >= 11 is 5.19. The van der Waals surface area contributed by atoms with Gasteiger partial charge < -0.3 is 4.57 Å². The quantitative estimate of drug-likeness (QED) is 0.759. The first-order valence-electron chi connectivity index (χ1n) is 5.44. The SMILES string of the molecule is CCn1c(C2CC3CC3C2)n[nH]c1=S. The summed E-state index contributed by atoms with van der Waals surface area (Å²) in [6, 6.07) is 0. The number of hydrogen-bond acceptors (Lipinski definition) is 2. The first kappa shape index (κ1) is 8.65. The number of rotatable bonds is 2. The van der Waals surface area contributed by atoms with Gasteiger partial charge in [0.15, 0.2) is 4.77 Å². The zero-order chi connectivity index (χ0) is 9.71. The third-order valence-electron chi connectivity index (χ3n) is 3.71. The van der Waals surface area contributed by atoms with E-state index in [0.29, 0.717) is 5.92 Å². The molecule has 0 spiro atoms. The fourth-order valence-corrected chi connectivity index (χ4v) is 3.14. The molecule has 2 saturated carbocycles. The van der Waals surface area contributed by atoms with Crippen LogP contribution in [0, 0.1) is 16.6 Å². The van der Waals surface area contributed by atoms with Crippen molar-refractivity contribution in [3.63, 3.8) is 0 Å². The zero-order valence-electron chi connectivity index (χ0n) is 8.36. The Morgan fingerprint density at radius 1 is 1.43 bits per heavy atom. The van der Waals surface area contributed by atoms with Crippen LogP contribution in [0.4, 0.5) is 0 Å². The fraction of sp³-hybridized carbons (Fsp3) is 0.800. The Morgan fingerprint density at radius 3 is 2.79 bits per heavy atom. The third kappa shape index (κ3) is 1.16. The molecule has 2 aliphatic rings. The Morgan fingerprint density at radius 2 is 2.14 bits per heavy atom. The van der Waals surface area contributed by atoms with Crippen LogP contribution in [0.15, 0.2) is 0 Å². The lowest BCUT2D eigenvalue weighted by Crippen LogP contribution is -2.07. The summed E-state index contributed by atoms with van der Waals surface area (Å²) < 4.78 is 2.92. The van der Waals surface area contributed by atoms with Gasteiger partial charge in [-0.2, -0.15) is 5.10 Å². The summed E-state index contributed by atoms with van der Waals surface area (Å²) in [5.74, 6) is 3.89. The predicted molar refractivity (Wildman–Crippen MR) is 56.7 cm³/mol. The molecule has 76 valence electrons. The number of hydrogen-bond donors (Lipinski definition) is 1. The van der Waals surface area contributed by atoms with E-state index in [2.05, 4.69) is 21.7 Å². The molecule has 0 saturated heterocycles. The number of nitrogens with zero attached hydrogens (tertiary/aromatic N) is 2. The summed E-state index contributed by atoms with van der Waals surface area (Å²) in [5, 5.41) is 7.28. The van der Waals surface area contributed by atoms with Gasteiger partial charge in [0.05, 0.1) is 0 Å². The van der Waals surface area contributed by atoms with E-state index in [1.54, 1.807) is 0 Å². The van der Waals surface area contributed by atoms with Gasteiger partial charge in [-0.1, -0.05) is 0 Å². The highest BCUT2D eigenvalue weighted by molar-refractivity contribution is 7.71. The van der Waals surface area contributed by atoms with Gasteiger partial charge in [0, 0.05) is 12.5 Å². The Hall–Kier alpha value is -0.640. The second-order valence-electron chi connectivity index (χ2n) is 4.56. The lowest BCUT2D eigenvalue weighted by molar-refractivity contribution is 0.548. The van der Waals surface area contributed by atoms with E-state index >= 15 is 0 Å². The van der Waals surface area contributed by atoms with Crippen molar-refractivity contribution in [2.45, 2.75) is 38.6 Å². The molecule has 4 heteroatoms. The molecule has 0 aromatic carbocycles. The van der Waals surface area contributed by atoms with Crippen LogP contribution in [0.1, 0.15) is 37.9 Å². The van der Waals surface area contributed by atoms with E-state index in [9.17, 15) is 0 Å². The largest absolute Gasteiger partial charge is 0.304 e. The molecule has 0 radical (unpaired) electrons. The Balaban J connectivity index is 1.91.